The third-order valence-corrected chi connectivity index (χ3v) is 4.22. The van der Waals surface area contributed by atoms with Crippen molar-refractivity contribution in [2.45, 2.75) is 38.2 Å². The van der Waals surface area contributed by atoms with E-state index in [0.717, 1.165) is 19.3 Å². The fourth-order valence-corrected chi connectivity index (χ4v) is 2.60. The summed E-state index contributed by atoms with van der Waals surface area (Å²) in [6.07, 6.45) is 3.03. The van der Waals surface area contributed by atoms with Crippen LogP contribution in [0, 0.1) is 5.41 Å². The highest BCUT2D eigenvalue weighted by Crippen LogP contribution is 2.39. The average molecular weight is 241 g/mol. The molecule has 5 nitrogen and oxygen atoms in total. The van der Waals surface area contributed by atoms with E-state index < -0.39 is 17.0 Å². The normalized spacial score (nSPS) is 31.1. The summed E-state index contributed by atoms with van der Waals surface area (Å²) in [5, 5.41) is 9.13. The van der Waals surface area contributed by atoms with Gasteiger partial charge in [-0.25, -0.2) is 0 Å². The smallest absolute Gasteiger partial charge is 0.311 e. The van der Waals surface area contributed by atoms with Gasteiger partial charge in [0, 0.05) is 20.2 Å². The molecule has 96 valence electrons. The molecular weight excluding hydrogens is 222 g/mol. The maximum atomic E-state index is 12.3. The molecule has 1 saturated carbocycles. The second-order valence-corrected chi connectivity index (χ2v) is 5.39. The Morgan fingerprint density at radius 1 is 1.29 bits per heavy atom. The minimum atomic E-state index is -0.826. The molecule has 0 aromatic carbocycles. The fourth-order valence-electron chi connectivity index (χ4n) is 2.60. The molecule has 0 spiro atoms. The quantitative estimate of drug-likeness (QED) is 0.796. The standard InChI is InChI=1S/C12H19NO4/c1-11(10(15)16)6-7-13(8-11)9(14)12(17-2)4-3-5-12/h3-8H2,1-2H3,(H,15,16). The molecule has 1 saturated heterocycles. The maximum Gasteiger partial charge on any atom is 0.311 e. The number of amides is 1. The van der Waals surface area contributed by atoms with Gasteiger partial charge in [-0.15, -0.1) is 0 Å². The van der Waals surface area contributed by atoms with Gasteiger partial charge in [0.05, 0.1) is 5.41 Å². The van der Waals surface area contributed by atoms with Crippen molar-refractivity contribution in [3.05, 3.63) is 0 Å². The Kier molecular flexibility index (Phi) is 2.89. The number of carbonyl (C=O) groups is 2. The number of likely N-dealkylation sites (tertiary alicyclic amines) is 1. The monoisotopic (exact) mass is 241 g/mol. The first-order valence-corrected chi connectivity index (χ1v) is 6.01. The number of hydrogen-bond donors (Lipinski definition) is 1. The van der Waals surface area contributed by atoms with E-state index in [4.69, 9.17) is 9.84 Å². The lowest BCUT2D eigenvalue weighted by Gasteiger charge is -2.41. The molecule has 2 fully saturated rings. The van der Waals surface area contributed by atoms with E-state index in [-0.39, 0.29) is 5.91 Å². The van der Waals surface area contributed by atoms with Crippen molar-refractivity contribution in [3.8, 4) is 0 Å². The van der Waals surface area contributed by atoms with Crippen LogP contribution in [0.3, 0.4) is 0 Å². The van der Waals surface area contributed by atoms with Crippen molar-refractivity contribution in [1.82, 2.24) is 4.90 Å². The van der Waals surface area contributed by atoms with Crippen LogP contribution in [0.1, 0.15) is 32.6 Å². The Labute approximate surface area is 101 Å². The molecule has 1 atom stereocenters. The third-order valence-electron chi connectivity index (χ3n) is 4.22. The van der Waals surface area contributed by atoms with Crippen LogP contribution in [-0.2, 0) is 14.3 Å². The molecule has 2 rings (SSSR count). The summed E-state index contributed by atoms with van der Waals surface area (Å²) in [7, 11) is 1.56. The zero-order valence-electron chi connectivity index (χ0n) is 10.4. The number of methoxy groups -OCH3 is 1. The summed E-state index contributed by atoms with van der Waals surface area (Å²) >= 11 is 0. The lowest BCUT2D eigenvalue weighted by molar-refractivity contribution is -0.165. The molecule has 1 heterocycles. The molecule has 2 aliphatic rings. The van der Waals surface area contributed by atoms with Gasteiger partial charge in [0.1, 0.15) is 5.60 Å². The van der Waals surface area contributed by atoms with Gasteiger partial charge in [-0.1, -0.05) is 0 Å². The highest BCUT2D eigenvalue weighted by atomic mass is 16.5. The first kappa shape index (κ1) is 12.4. The van der Waals surface area contributed by atoms with Crippen LogP contribution in [0.25, 0.3) is 0 Å². The third kappa shape index (κ3) is 1.82. The van der Waals surface area contributed by atoms with E-state index in [9.17, 15) is 9.59 Å². The fraction of sp³-hybridized carbons (Fsp3) is 0.833. The van der Waals surface area contributed by atoms with Crippen LogP contribution in [0.4, 0.5) is 0 Å². The second kappa shape index (κ2) is 3.98. The van der Waals surface area contributed by atoms with E-state index in [1.807, 2.05) is 0 Å². The summed E-state index contributed by atoms with van der Waals surface area (Å²) in [5.41, 5.74) is -1.46. The molecule has 1 amide bonds. The number of carboxylic acid groups (broad SMARTS) is 1. The Balaban J connectivity index is 2.06. The van der Waals surface area contributed by atoms with Crippen molar-refractivity contribution >= 4 is 11.9 Å². The van der Waals surface area contributed by atoms with Crippen molar-refractivity contribution in [2.75, 3.05) is 20.2 Å². The van der Waals surface area contributed by atoms with Gasteiger partial charge in [-0.3, -0.25) is 9.59 Å². The Bertz CT molecular complexity index is 345. The SMILES string of the molecule is COC1(C(=O)N2CCC(C)(C(=O)O)C2)CCC1. The highest BCUT2D eigenvalue weighted by molar-refractivity contribution is 5.87. The highest BCUT2D eigenvalue weighted by Gasteiger charge is 2.51. The van der Waals surface area contributed by atoms with E-state index in [2.05, 4.69) is 0 Å². The van der Waals surface area contributed by atoms with Crippen LogP contribution < -0.4 is 0 Å². The molecule has 1 unspecified atom stereocenters. The maximum absolute atomic E-state index is 12.3. The minimum absolute atomic E-state index is 0.0313. The van der Waals surface area contributed by atoms with Crippen molar-refractivity contribution in [1.29, 1.82) is 0 Å². The number of carbonyl (C=O) groups excluding carboxylic acids is 1. The summed E-state index contributed by atoms with van der Waals surface area (Å²) in [4.78, 5) is 25.1. The van der Waals surface area contributed by atoms with E-state index in [1.165, 1.54) is 0 Å². The molecule has 0 radical (unpaired) electrons. The molecule has 17 heavy (non-hydrogen) atoms. The molecule has 5 heteroatoms. The summed E-state index contributed by atoms with van der Waals surface area (Å²) in [5.74, 6) is -0.857. The predicted molar refractivity (Wildman–Crippen MR) is 60.5 cm³/mol. The van der Waals surface area contributed by atoms with Crippen LogP contribution >= 0.6 is 0 Å². The topological polar surface area (TPSA) is 66.8 Å². The van der Waals surface area contributed by atoms with Gasteiger partial charge >= 0.3 is 5.97 Å². The van der Waals surface area contributed by atoms with Gasteiger partial charge in [-0.2, -0.15) is 0 Å². The molecule has 0 aromatic heterocycles. The number of nitrogens with zero attached hydrogens (tertiary/aromatic N) is 1. The average Bonchev–Trinajstić information content (AvgIpc) is 2.61. The number of carboxylic acids is 1. The summed E-state index contributed by atoms with van der Waals surface area (Å²) in [6, 6.07) is 0. The molecule has 0 bridgehead atoms. The molecular formula is C12H19NO4. The van der Waals surface area contributed by atoms with Crippen molar-refractivity contribution in [3.63, 3.8) is 0 Å². The van der Waals surface area contributed by atoms with Crippen LogP contribution in [0.15, 0.2) is 0 Å². The Hall–Kier alpha value is -1.10. The van der Waals surface area contributed by atoms with Gasteiger partial charge in [-0.05, 0) is 32.6 Å². The second-order valence-electron chi connectivity index (χ2n) is 5.39. The number of hydrogen-bond acceptors (Lipinski definition) is 3. The molecule has 0 aromatic rings. The minimum Gasteiger partial charge on any atom is -0.481 e. The predicted octanol–water partition coefficient (Wildman–Crippen LogP) is 0.879. The van der Waals surface area contributed by atoms with Crippen molar-refractivity contribution < 1.29 is 19.4 Å². The lowest BCUT2D eigenvalue weighted by Crippen LogP contribution is -2.54. The number of rotatable bonds is 3. The first-order valence-electron chi connectivity index (χ1n) is 6.01. The zero-order valence-corrected chi connectivity index (χ0v) is 10.4. The van der Waals surface area contributed by atoms with Crippen LogP contribution in [0.5, 0.6) is 0 Å². The Morgan fingerprint density at radius 2 is 1.94 bits per heavy atom. The first-order chi connectivity index (χ1) is 7.93. The largest absolute Gasteiger partial charge is 0.481 e. The van der Waals surface area contributed by atoms with Crippen LogP contribution in [-0.4, -0.2) is 47.7 Å². The number of aliphatic carboxylic acids is 1. The van der Waals surface area contributed by atoms with E-state index >= 15 is 0 Å². The molecule has 1 aliphatic carbocycles. The van der Waals surface area contributed by atoms with E-state index in [1.54, 1.807) is 18.9 Å². The summed E-state index contributed by atoms with van der Waals surface area (Å²) in [6.45, 7) is 2.52. The summed E-state index contributed by atoms with van der Waals surface area (Å²) < 4.78 is 5.34. The van der Waals surface area contributed by atoms with Crippen molar-refractivity contribution in [2.24, 2.45) is 5.41 Å². The van der Waals surface area contributed by atoms with E-state index in [0.29, 0.717) is 19.5 Å². The van der Waals surface area contributed by atoms with Gasteiger partial charge in [0.25, 0.3) is 5.91 Å². The van der Waals surface area contributed by atoms with Gasteiger partial charge in [0.2, 0.25) is 0 Å². The number of ether oxygens (including phenoxy) is 1. The molecule has 1 N–H and O–H groups in total. The van der Waals surface area contributed by atoms with Crippen LogP contribution in [0.2, 0.25) is 0 Å². The zero-order chi connectivity index (χ0) is 12.7. The lowest BCUT2D eigenvalue weighted by atomic mass is 9.79. The molecule has 1 aliphatic heterocycles. The van der Waals surface area contributed by atoms with Gasteiger partial charge in [0.15, 0.2) is 0 Å². The Morgan fingerprint density at radius 3 is 2.29 bits per heavy atom. The van der Waals surface area contributed by atoms with Gasteiger partial charge < -0.3 is 14.7 Å².